The monoisotopic (exact) mass is 1720 g/mol. The molecule has 5 atom stereocenters. The van der Waals surface area contributed by atoms with Gasteiger partial charge in [-0.3, -0.25) is 50.6 Å². The molecule has 28 heteroatoms. The van der Waals surface area contributed by atoms with E-state index in [0.29, 0.717) is 99.5 Å². The van der Waals surface area contributed by atoms with Gasteiger partial charge in [0.15, 0.2) is 28.8 Å². The van der Waals surface area contributed by atoms with Gasteiger partial charge in [-0.15, -0.1) is 0 Å². The first kappa shape index (κ1) is 78.6. The Hall–Kier alpha value is -11.9. The summed E-state index contributed by atoms with van der Waals surface area (Å²) in [5, 5.41) is 58.7. The van der Waals surface area contributed by atoms with Crippen LogP contribution in [0.1, 0.15) is 109 Å². The Kier molecular flexibility index (Phi) is 24.3. The second-order valence-corrected chi connectivity index (χ2v) is 28.9. The molecule has 0 saturated carbocycles. The lowest BCUT2D eigenvalue weighted by Gasteiger charge is -2.25. The summed E-state index contributed by atoms with van der Waals surface area (Å²) < 4.78 is 48.2. The number of hydrogen-bond donors (Lipinski definition) is 0. The van der Waals surface area contributed by atoms with Gasteiger partial charge in [0.05, 0.1) is 43.3 Å². The molecule has 0 spiro atoms. The molecule has 0 saturated heterocycles. The number of rotatable bonds is 12. The molecule has 0 radical (unpaired) electrons. The van der Waals surface area contributed by atoms with Crippen LogP contribution in [-0.2, 0) is 0 Å². The first-order valence-corrected chi connectivity index (χ1v) is 36.9. The minimum Gasteiger partial charge on any atom is -0.493 e. The van der Waals surface area contributed by atoms with Crippen molar-refractivity contribution in [2.24, 2.45) is 0 Å². The summed E-state index contributed by atoms with van der Waals surface area (Å²) in [4.78, 5) is 55.1. The maximum atomic E-state index is 11.5. The maximum absolute atomic E-state index is 11.5. The van der Waals surface area contributed by atoms with Gasteiger partial charge in [0.2, 0.25) is 30.5 Å². The highest BCUT2D eigenvalue weighted by Crippen LogP contribution is 2.49. The van der Waals surface area contributed by atoms with E-state index < -0.39 is 45.3 Å². The third kappa shape index (κ3) is 17.6. The van der Waals surface area contributed by atoms with Crippen molar-refractivity contribution in [3.63, 3.8) is 0 Å². The Bertz CT molecular complexity index is 5640. The summed E-state index contributed by atoms with van der Waals surface area (Å²) in [5.74, 6) is 4.38. The Balaban J connectivity index is 0.000000129. The predicted octanol–water partition coefficient (Wildman–Crippen LogP) is 22.8. The molecule has 111 heavy (non-hydrogen) atoms. The van der Waals surface area contributed by atoms with Gasteiger partial charge in [0.25, 0.3) is 28.5 Å². The number of halogens is 5. The molecule has 0 amide bonds. The molecule has 0 N–H and O–H groups in total. The second-order valence-electron chi connectivity index (χ2n) is 25.4. The molecular formula is C83H62Br3Cl2N5O18. The molecule has 23 nitrogen and oxygen atoms in total. The van der Waals surface area contributed by atoms with E-state index in [9.17, 15) is 50.6 Å². The number of nitro groups is 5. The molecule has 5 unspecified atom stereocenters. The predicted molar refractivity (Wildman–Crippen MR) is 431 cm³/mol. The van der Waals surface area contributed by atoms with E-state index in [1.807, 2.05) is 149 Å². The van der Waals surface area contributed by atoms with Crippen LogP contribution in [0.3, 0.4) is 0 Å². The third-order valence-electron chi connectivity index (χ3n) is 18.0. The highest BCUT2D eigenvalue weighted by Gasteiger charge is 2.41. The number of furan rings is 1. The van der Waals surface area contributed by atoms with Crippen molar-refractivity contribution in [3.8, 4) is 40.2 Å². The minimum absolute atomic E-state index is 0.0182. The number of fused-ring (bicyclic) bond motifs is 6. The average molecular weight is 1730 g/mol. The van der Waals surface area contributed by atoms with Gasteiger partial charge in [0.1, 0.15) is 22.8 Å². The molecule has 11 aromatic rings. The van der Waals surface area contributed by atoms with Crippen molar-refractivity contribution in [3.05, 3.63) is 387 Å². The molecule has 5 aliphatic heterocycles. The van der Waals surface area contributed by atoms with Gasteiger partial charge in [-0.25, -0.2) is 0 Å². The van der Waals surface area contributed by atoms with Gasteiger partial charge in [0, 0.05) is 105 Å². The summed E-state index contributed by atoms with van der Waals surface area (Å²) in [6.45, 7) is 7.77. The van der Waals surface area contributed by atoms with Crippen LogP contribution in [0.25, 0.3) is 41.3 Å². The van der Waals surface area contributed by atoms with Crippen molar-refractivity contribution in [1.82, 2.24) is 0 Å². The van der Waals surface area contributed by atoms with Crippen LogP contribution in [0.5, 0.6) is 40.2 Å². The number of benzene rings is 10. The van der Waals surface area contributed by atoms with Gasteiger partial charge in [-0.2, -0.15) is 0 Å². The topological polar surface area (TPSA) is 293 Å². The van der Waals surface area contributed by atoms with Gasteiger partial charge in [-0.1, -0.05) is 200 Å². The minimum atomic E-state index is -0.990. The second kappa shape index (κ2) is 34.3. The van der Waals surface area contributed by atoms with Crippen LogP contribution in [0, 0.1) is 78.3 Å². The lowest BCUT2D eigenvalue weighted by molar-refractivity contribution is -0.435. The van der Waals surface area contributed by atoms with Crippen molar-refractivity contribution >= 4 is 112 Å². The Morgan fingerprint density at radius 2 is 0.847 bits per heavy atom. The largest absolute Gasteiger partial charge is 0.493 e. The Morgan fingerprint density at radius 1 is 0.378 bits per heavy atom. The van der Waals surface area contributed by atoms with Crippen molar-refractivity contribution < 1.29 is 62.2 Å². The molecule has 5 aliphatic rings. The maximum Gasteiger partial charge on any atom is 0.295 e. The van der Waals surface area contributed by atoms with E-state index in [1.165, 1.54) is 12.2 Å². The average Bonchev–Trinajstić information content (AvgIpc) is 1.67. The van der Waals surface area contributed by atoms with E-state index >= 15 is 0 Å². The SMILES string of the molecule is COc1cccc2c1OC(c1cc(C)ccc1C)C([N+](=O)[O-])=C2.COc1cccc2c1OC(c1ccc(C)cc1)C([N+](=O)[O-])=C2.Cc1ccccc1C1Oc2ccc(Br)cc2C=C1[N+](=O)[O-].O=[N+]([O-])C1=Cc2cc(Br)cc(Br)c2OC1c1c(Cl)cccc1Cl.O=[N+]([O-])C1=Cc2ccccc2OC1c1cc2ccccc2o1. The Morgan fingerprint density at radius 3 is 1.47 bits per heavy atom. The first-order chi connectivity index (χ1) is 53.3. The highest BCUT2D eigenvalue weighted by atomic mass is 79.9. The van der Waals surface area contributed by atoms with E-state index in [0.717, 1.165) is 53.3 Å². The van der Waals surface area contributed by atoms with Crippen LogP contribution in [0.2, 0.25) is 10.0 Å². The van der Waals surface area contributed by atoms with Gasteiger partial charge in [-0.05, 0) is 128 Å². The number of nitrogens with zero attached hydrogens (tertiary/aromatic N) is 5. The lowest BCUT2D eigenvalue weighted by Crippen LogP contribution is -2.21. The fourth-order valence-electron chi connectivity index (χ4n) is 12.6. The molecule has 6 heterocycles. The van der Waals surface area contributed by atoms with Crippen molar-refractivity contribution in [1.29, 1.82) is 0 Å². The van der Waals surface area contributed by atoms with Crippen LogP contribution in [0.15, 0.2) is 253 Å². The van der Waals surface area contributed by atoms with Gasteiger partial charge >= 0.3 is 0 Å². The molecule has 562 valence electrons. The molecule has 10 aromatic carbocycles. The van der Waals surface area contributed by atoms with Crippen molar-refractivity contribution in [2.75, 3.05) is 14.2 Å². The highest BCUT2D eigenvalue weighted by molar-refractivity contribution is 9.11. The molecule has 0 bridgehead atoms. The zero-order chi connectivity index (χ0) is 79.1. The summed E-state index contributed by atoms with van der Waals surface area (Å²) in [6, 6.07) is 62.0. The van der Waals surface area contributed by atoms with Gasteiger partial charge < -0.3 is 37.6 Å². The van der Waals surface area contributed by atoms with E-state index in [2.05, 4.69) is 47.8 Å². The first-order valence-electron chi connectivity index (χ1n) is 33.7. The summed E-state index contributed by atoms with van der Waals surface area (Å²) in [7, 11) is 3.10. The summed E-state index contributed by atoms with van der Waals surface area (Å²) in [6.07, 6.45) is 3.67. The van der Waals surface area contributed by atoms with Crippen molar-refractivity contribution in [2.45, 2.75) is 58.2 Å². The summed E-state index contributed by atoms with van der Waals surface area (Å²) in [5.41, 5.74) is 10.7. The van der Waals surface area contributed by atoms with Crippen LogP contribution in [0.4, 0.5) is 0 Å². The lowest BCUT2D eigenvalue weighted by atomic mass is 9.96. The number of hydrogen-bond acceptors (Lipinski definition) is 18. The standard InChI is InChI=1S/C18H17NO4.C17H11NO4.C17H15NO4.C16H12BrNO3.C15H7Br2Cl2NO3/c1-11-7-8-12(2)14(9-11)18-15(19(20)21)10-13-5-4-6-16(22-3)17(13)23-18;19-18(20)13-9-11-5-1-4-8-15(11)22-17(13)16-10-12-6-2-3-7-14(12)21-16;1-11-6-8-12(9-7-11)16-14(18(19)20)10-13-4-3-5-15(21-2)17(13)22-16;1-10-4-2-3-5-13(10)16-14(18(19)20)9-11-8-12(17)6-7-15(11)21-16;16-8-4-7-5-12(20(21)22)15(23-14(7)9(17)6-8)13-10(18)2-1-3-11(13)19/h4-10,18H,1-3H3;1-10,17H;3-10,16H,1-2H3;2-9,16H,1H3;1-6,15H. The van der Waals surface area contributed by atoms with E-state index in [1.54, 1.807) is 117 Å². The zero-order valence-corrected chi connectivity index (χ0v) is 65.6. The fourth-order valence-corrected chi connectivity index (χ4v) is 14.9. The number of aryl methyl sites for hydroxylation is 4. The zero-order valence-electron chi connectivity index (χ0n) is 59.4. The van der Waals surface area contributed by atoms with E-state index in [4.69, 9.17) is 60.8 Å². The fraction of sp³-hybridized carbons (Fsp3) is 0.133. The van der Waals surface area contributed by atoms with Crippen LogP contribution >= 0.6 is 71.0 Å². The molecule has 1 aromatic heterocycles. The number of para-hydroxylation sites is 4. The van der Waals surface area contributed by atoms with Crippen LogP contribution in [-0.4, -0.2) is 38.8 Å². The van der Waals surface area contributed by atoms with Crippen LogP contribution < -0.4 is 33.2 Å². The molecular weight excluding hydrogens is 1670 g/mol. The number of methoxy groups -OCH3 is 2. The normalized spacial score (nSPS) is 16.4. The molecule has 0 fully saturated rings. The quantitative estimate of drug-likeness (QED) is 0.0811. The molecule has 16 rings (SSSR count). The smallest absolute Gasteiger partial charge is 0.295 e. The summed E-state index contributed by atoms with van der Waals surface area (Å²) >= 11 is 22.5. The third-order valence-corrected chi connectivity index (χ3v) is 20.2. The number of ether oxygens (including phenoxy) is 7. The Labute approximate surface area is 669 Å². The van der Waals surface area contributed by atoms with E-state index in [-0.39, 0.29) is 38.3 Å². The molecule has 0 aliphatic carbocycles.